The van der Waals surface area contributed by atoms with E-state index in [9.17, 15) is 4.79 Å². The minimum absolute atomic E-state index is 0.150. The maximum absolute atomic E-state index is 12.1. The molecule has 1 aliphatic rings. The largest absolute Gasteiger partial charge is 0.483 e. The SMILES string of the molecule is O=c1cc(COC2CCCCO2)[nH]cc1OCc1ccccc1. The summed E-state index contributed by atoms with van der Waals surface area (Å²) in [6.07, 6.45) is 4.53. The molecule has 3 rings (SSSR count). The van der Waals surface area contributed by atoms with Gasteiger partial charge in [-0.05, 0) is 24.8 Å². The lowest BCUT2D eigenvalue weighted by Gasteiger charge is -2.22. The number of H-pyrrole nitrogens is 1. The van der Waals surface area contributed by atoms with Crippen molar-refractivity contribution in [2.45, 2.75) is 38.8 Å². The van der Waals surface area contributed by atoms with Crippen LogP contribution in [0.25, 0.3) is 0 Å². The summed E-state index contributed by atoms with van der Waals surface area (Å²) >= 11 is 0. The first kappa shape index (κ1) is 15.8. The van der Waals surface area contributed by atoms with Crippen molar-refractivity contribution in [3.63, 3.8) is 0 Å². The first-order valence-corrected chi connectivity index (χ1v) is 7.93. The molecule has 0 saturated carbocycles. The molecule has 1 aromatic heterocycles. The molecule has 1 fully saturated rings. The van der Waals surface area contributed by atoms with Crippen molar-refractivity contribution >= 4 is 0 Å². The zero-order chi connectivity index (χ0) is 15.9. The van der Waals surface area contributed by atoms with E-state index in [-0.39, 0.29) is 11.7 Å². The molecule has 122 valence electrons. The van der Waals surface area contributed by atoms with Crippen molar-refractivity contribution in [2.24, 2.45) is 0 Å². The number of rotatable bonds is 6. The summed E-state index contributed by atoms with van der Waals surface area (Å²) < 4.78 is 16.7. The summed E-state index contributed by atoms with van der Waals surface area (Å²) in [6.45, 7) is 1.45. The van der Waals surface area contributed by atoms with Gasteiger partial charge in [-0.1, -0.05) is 30.3 Å². The van der Waals surface area contributed by atoms with Crippen molar-refractivity contribution in [3.8, 4) is 5.75 Å². The third-order valence-corrected chi connectivity index (χ3v) is 3.74. The van der Waals surface area contributed by atoms with E-state index in [0.29, 0.717) is 19.0 Å². The predicted molar refractivity (Wildman–Crippen MR) is 86.2 cm³/mol. The summed E-state index contributed by atoms with van der Waals surface area (Å²) in [6, 6.07) is 11.3. The zero-order valence-electron chi connectivity index (χ0n) is 13.0. The van der Waals surface area contributed by atoms with E-state index in [0.717, 1.165) is 37.1 Å². The molecule has 0 radical (unpaired) electrons. The monoisotopic (exact) mass is 315 g/mol. The van der Waals surface area contributed by atoms with E-state index < -0.39 is 0 Å². The third-order valence-electron chi connectivity index (χ3n) is 3.74. The van der Waals surface area contributed by atoms with Gasteiger partial charge in [-0.2, -0.15) is 0 Å². The second-order valence-electron chi connectivity index (χ2n) is 5.57. The van der Waals surface area contributed by atoms with E-state index in [2.05, 4.69) is 4.98 Å². The van der Waals surface area contributed by atoms with Crippen molar-refractivity contribution in [1.82, 2.24) is 4.98 Å². The molecule has 5 nitrogen and oxygen atoms in total. The van der Waals surface area contributed by atoms with Crippen LogP contribution in [0.15, 0.2) is 47.4 Å². The summed E-state index contributed by atoms with van der Waals surface area (Å²) in [5.41, 5.74) is 1.59. The molecule has 0 bridgehead atoms. The number of aromatic amines is 1. The summed E-state index contributed by atoms with van der Waals surface area (Å²) in [4.78, 5) is 15.1. The van der Waals surface area contributed by atoms with Crippen LogP contribution in [0.3, 0.4) is 0 Å². The average Bonchev–Trinajstić information content (AvgIpc) is 2.61. The highest BCUT2D eigenvalue weighted by Gasteiger charge is 2.14. The fraction of sp³-hybridized carbons (Fsp3) is 0.389. The smallest absolute Gasteiger partial charge is 0.223 e. The Morgan fingerprint density at radius 3 is 2.78 bits per heavy atom. The number of benzene rings is 1. The highest BCUT2D eigenvalue weighted by Crippen LogP contribution is 2.15. The topological polar surface area (TPSA) is 60.5 Å². The van der Waals surface area contributed by atoms with Crippen LogP contribution in [0, 0.1) is 0 Å². The highest BCUT2D eigenvalue weighted by atomic mass is 16.7. The Kier molecular flexibility index (Phi) is 5.45. The highest BCUT2D eigenvalue weighted by molar-refractivity contribution is 5.21. The Bertz CT molecular complexity index is 662. The Morgan fingerprint density at radius 1 is 1.17 bits per heavy atom. The van der Waals surface area contributed by atoms with E-state index in [1.807, 2.05) is 30.3 Å². The molecular weight excluding hydrogens is 294 g/mol. The molecule has 23 heavy (non-hydrogen) atoms. The van der Waals surface area contributed by atoms with Crippen LogP contribution in [0.5, 0.6) is 5.75 Å². The van der Waals surface area contributed by atoms with Crippen LogP contribution in [-0.2, 0) is 22.7 Å². The van der Waals surface area contributed by atoms with Gasteiger partial charge < -0.3 is 19.2 Å². The molecule has 0 aliphatic carbocycles. The molecule has 1 saturated heterocycles. The third kappa shape index (κ3) is 4.68. The fourth-order valence-corrected chi connectivity index (χ4v) is 2.46. The molecule has 1 aliphatic heterocycles. The van der Waals surface area contributed by atoms with Crippen molar-refractivity contribution < 1.29 is 14.2 Å². The minimum atomic E-state index is -0.166. The van der Waals surface area contributed by atoms with Crippen molar-refractivity contribution in [3.05, 3.63) is 64.1 Å². The van der Waals surface area contributed by atoms with Crippen LogP contribution in [-0.4, -0.2) is 17.9 Å². The van der Waals surface area contributed by atoms with Gasteiger partial charge in [0.05, 0.1) is 6.61 Å². The first-order chi connectivity index (χ1) is 11.3. The molecule has 1 N–H and O–H groups in total. The maximum Gasteiger partial charge on any atom is 0.223 e. The lowest BCUT2D eigenvalue weighted by Crippen LogP contribution is -2.22. The van der Waals surface area contributed by atoms with Gasteiger partial charge in [-0.15, -0.1) is 0 Å². The lowest BCUT2D eigenvalue weighted by molar-refractivity contribution is -0.169. The van der Waals surface area contributed by atoms with Gasteiger partial charge in [-0.3, -0.25) is 4.79 Å². The Labute approximate surface area is 135 Å². The van der Waals surface area contributed by atoms with Gasteiger partial charge in [0.2, 0.25) is 5.43 Å². The van der Waals surface area contributed by atoms with Crippen molar-refractivity contribution in [1.29, 1.82) is 0 Å². The Hall–Kier alpha value is -2.11. The van der Waals surface area contributed by atoms with Gasteiger partial charge >= 0.3 is 0 Å². The van der Waals surface area contributed by atoms with E-state index in [1.165, 1.54) is 6.07 Å². The molecule has 0 amide bonds. The molecular formula is C18H21NO4. The van der Waals surface area contributed by atoms with E-state index in [4.69, 9.17) is 14.2 Å². The van der Waals surface area contributed by atoms with Gasteiger partial charge in [0.15, 0.2) is 12.0 Å². The number of hydrogen-bond donors (Lipinski definition) is 1. The molecule has 5 heteroatoms. The summed E-state index contributed by atoms with van der Waals surface area (Å²) in [5, 5.41) is 0. The Balaban J connectivity index is 1.54. The van der Waals surface area contributed by atoms with Gasteiger partial charge in [-0.25, -0.2) is 0 Å². The number of hydrogen-bond acceptors (Lipinski definition) is 4. The molecule has 0 spiro atoms. The minimum Gasteiger partial charge on any atom is -0.483 e. The van der Waals surface area contributed by atoms with Crippen LogP contribution < -0.4 is 10.2 Å². The quantitative estimate of drug-likeness (QED) is 0.890. The maximum atomic E-state index is 12.1. The summed E-state index contributed by atoms with van der Waals surface area (Å²) in [5.74, 6) is 0.312. The van der Waals surface area contributed by atoms with Gasteiger partial charge in [0.25, 0.3) is 0 Å². The number of ether oxygens (including phenoxy) is 3. The Morgan fingerprint density at radius 2 is 2.04 bits per heavy atom. The molecule has 1 atom stereocenters. The van der Waals surface area contributed by atoms with Gasteiger partial charge in [0.1, 0.15) is 6.61 Å². The van der Waals surface area contributed by atoms with Crippen LogP contribution >= 0.6 is 0 Å². The molecule has 2 aromatic rings. The number of pyridine rings is 1. The molecule has 2 heterocycles. The first-order valence-electron chi connectivity index (χ1n) is 7.93. The second kappa shape index (κ2) is 7.94. The standard InChI is InChI=1S/C18H21NO4/c20-16-10-15(13-23-18-8-4-5-9-21-18)19-11-17(16)22-12-14-6-2-1-3-7-14/h1-3,6-7,10-11,18H,4-5,8-9,12-13H2,(H,19,20). The number of aromatic nitrogens is 1. The van der Waals surface area contributed by atoms with Gasteiger partial charge in [0, 0.05) is 24.6 Å². The molecule has 1 aromatic carbocycles. The fourth-order valence-electron chi connectivity index (χ4n) is 2.46. The van der Waals surface area contributed by atoms with Crippen molar-refractivity contribution in [2.75, 3.05) is 6.61 Å². The normalized spacial score (nSPS) is 17.8. The average molecular weight is 315 g/mol. The summed E-state index contributed by atoms with van der Waals surface area (Å²) in [7, 11) is 0. The van der Waals surface area contributed by atoms with E-state index in [1.54, 1.807) is 6.20 Å². The second-order valence-corrected chi connectivity index (χ2v) is 5.57. The van der Waals surface area contributed by atoms with Crippen LogP contribution in [0.4, 0.5) is 0 Å². The molecule has 1 unspecified atom stereocenters. The van der Waals surface area contributed by atoms with E-state index >= 15 is 0 Å². The number of nitrogens with one attached hydrogen (secondary N) is 1. The predicted octanol–water partition coefficient (Wildman–Crippen LogP) is 3.00. The van der Waals surface area contributed by atoms with Crippen LogP contribution in [0.1, 0.15) is 30.5 Å². The van der Waals surface area contributed by atoms with Crippen LogP contribution in [0.2, 0.25) is 0 Å². The zero-order valence-corrected chi connectivity index (χ0v) is 13.0. The lowest BCUT2D eigenvalue weighted by atomic mass is 10.2.